The van der Waals surface area contributed by atoms with Gasteiger partial charge >= 0.3 is 0 Å². The number of carbonyl (C=O) groups is 1. The van der Waals surface area contributed by atoms with E-state index in [1.165, 1.54) is 0 Å². The first kappa shape index (κ1) is 14.6. The molecule has 0 radical (unpaired) electrons. The summed E-state index contributed by atoms with van der Waals surface area (Å²) in [6.45, 7) is 1.34. The van der Waals surface area contributed by atoms with Crippen molar-refractivity contribution in [1.82, 2.24) is 4.90 Å². The Bertz CT molecular complexity index is 513. The van der Waals surface area contributed by atoms with Crippen LogP contribution < -0.4 is 5.73 Å². The van der Waals surface area contributed by atoms with E-state index >= 15 is 0 Å². The van der Waals surface area contributed by atoms with E-state index in [0.717, 1.165) is 12.8 Å². The molecule has 0 atom stereocenters. The van der Waals surface area contributed by atoms with Crippen molar-refractivity contribution in [2.45, 2.75) is 12.8 Å². The average Bonchev–Trinajstić information content (AvgIpc) is 2.41. The van der Waals surface area contributed by atoms with Gasteiger partial charge in [-0.2, -0.15) is 0 Å². The Hall–Kier alpha value is -0.840. The van der Waals surface area contributed by atoms with Gasteiger partial charge in [0.05, 0.1) is 15.0 Å². The van der Waals surface area contributed by atoms with Gasteiger partial charge in [-0.1, -0.05) is 35.4 Å². The molecule has 1 saturated heterocycles. The number of rotatable bonds is 2. The maximum Gasteiger partial charge on any atom is 0.253 e. The zero-order valence-electron chi connectivity index (χ0n) is 10.2. The Labute approximate surface area is 127 Å². The molecule has 0 aromatic heterocycles. The van der Waals surface area contributed by atoms with Crippen LogP contribution in [0.5, 0.6) is 0 Å². The van der Waals surface area contributed by atoms with Gasteiger partial charge in [0.2, 0.25) is 0 Å². The number of likely N-dealkylation sites (tertiary alicyclic amines) is 1. The lowest BCUT2D eigenvalue weighted by molar-refractivity contribution is 0.0710. The lowest BCUT2D eigenvalue weighted by Crippen LogP contribution is -2.41. The topological polar surface area (TPSA) is 46.3 Å². The maximum absolute atomic E-state index is 12.3. The molecular weight excluding hydrogens is 303 g/mol. The van der Waals surface area contributed by atoms with Crippen LogP contribution in [-0.4, -0.2) is 28.9 Å². The van der Waals surface area contributed by atoms with Crippen LogP contribution in [0.3, 0.4) is 0 Å². The Morgan fingerprint density at radius 1 is 1.26 bits per heavy atom. The van der Waals surface area contributed by atoms with Crippen molar-refractivity contribution in [3.8, 4) is 0 Å². The summed E-state index contributed by atoms with van der Waals surface area (Å²) in [5.74, 6) is 0.216. The SMILES string of the molecule is NC(=S)C1CCN(C(=O)c2ccc(Cl)c(Cl)c2)CC1. The summed E-state index contributed by atoms with van der Waals surface area (Å²) in [5.41, 5.74) is 6.19. The molecule has 1 aromatic carbocycles. The third-order valence-corrected chi connectivity index (χ3v) is 4.42. The van der Waals surface area contributed by atoms with Gasteiger partial charge in [-0.15, -0.1) is 0 Å². The number of hydrogen-bond acceptors (Lipinski definition) is 2. The molecule has 102 valence electrons. The van der Waals surface area contributed by atoms with Crippen molar-refractivity contribution in [3.05, 3.63) is 33.8 Å². The van der Waals surface area contributed by atoms with Crippen molar-refractivity contribution < 1.29 is 4.79 Å². The third-order valence-electron chi connectivity index (χ3n) is 3.35. The van der Waals surface area contributed by atoms with Gasteiger partial charge in [0.15, 0.2) is 0 Å². The zero-order valence-corrected chi connectivity index (χ0v) is 12.6. The number of benzene rings is 1. The van der Waals surface area contributed by atoms with Crippen LogP contribution in [0.1, 0.15) is 23.2 Å². The van der Waals surface area contributed by atoms with Gasteiger partial charge in [0.25, 0.3) is 5.91 Å². The number of piperidine rings is 1. The molecule has 0 spiro atoms. The molecule has 1 heterocycles. The molecule has 1 aliphatic rings. The molecule has 0 aliphatic carbocycles. The minimum atomic E-state index is -0.0278. The van der Waals surface area contributed by atoms with E-state index in [1.807, 2.05) is 0 Å². The largest absolute Gasteiger partial charge is 0.393 e. The molecule has 1 aliphatic heterocycles. The third kappa shape index (κ3) is 3.38. The Morgan fingerprint density at radius 2 is 1.89 bits per heavy atom. The fraction of sp³-hybridized carbons (Fsp3) is 0.385. The molecule has 1 amide bonds. The van der Waals surface area contributed by atoms with Crippen molar-refractivity contribution in [1.29, 1.82) is 0 Å². The normalized spacial score (nSPS) is 16.4. The lowest BCUT2D eigenvalue weighted by atomic mass is 9.96. The van der Waals surface area contributed by atoms with Crippen LogP contribution in [0, 0.1) is 5.92 Å². The highest BCUT2D eigenvalue weighted by molar-refractivity contribution is 7.80. The second-order valence-electron chi connectivity index (χ2n) is 4.60. The van der Waals surface area contributed by atoms with Crippen LogP contribution in [0.25, 0.3) is 0 Å². The molecule has 0 unspecified atom stereocenters. The van der Waals surface area contributed by atoms with Crippen LogP contribution in [0.4, 0.5) is 0 Å². The smallest absolute Gasteiger partial charge is 0.253 e. The quantitative estimate of drug-likeness (QED) is 0.853. The highest BCUT2D eigenvalue weighted by Crippen LogP contribution is 2.25. The Morgan fingerprint density at radius 3 is 2.42 bits per heavy atom. The van der Waals surface area contributed by atoms with E-state index in [0.29, 0.717) is 33.7 Å². The molecule has 2 rings (SSSR count). The van der Waals surface area contributed by atoms with Gasteiger partial charge < -0.3 is 10.6 Å². The minimum Gasteiger partial charge on any atom is -0.393 e. The summed E-state index contributed by atoms with van der Waals surface area (Å²) < 4.78 is 0. The fourth-order valence-corrected chi connectivity index (χ4v) is 2.71. The molecule has 0 bridgehead atoms. The Balaban J connectivity index is 2.05. The summed E-state index contributed by atoms with van der Waals surface area (Å²) in [6, 6.07) is 4.93. The predicted octanol–water partition coefficient (Wildman–Crippen LogP) is 3.13. The summed E-state index contributed by atoms with van der Waals surface area (Å²) in [5, 5.41) is 0.843. The molecule has 2 N–H and O–H groups in total. The number of thiocarbonyl (C=S) groups is 1. The standard InChI is InChI=1S/C13H14Cl2N2OS/c14-10-2-1-9(7-11(10)15)13(18)17-5-3-8(4-6-17)12(16)19/h1-2,7-8H,3-6H2,(H2,16,19). The molecule has 1 aromatic rings. The van der Waals surface area contributed by atoms with Crippen LogP contribution >= 0.6 is 35.4 Å². The molecule has 0 saturated carbocycles. The van der Waals surface area contributed by atoms with Crippen LogP contribution in [0.15, 0.2) is 18.2 Å². The fourth-order valence-electron chi connectivity index (χ4n) is 2.18. The van der Waals surface area contributed by atoms with Crippen LogP contribution in [-0.2, 0) is 0 Å². The van der Waals surface area contributed by atoms with E-state index in [-0.39, 0.29) is 11.8 Å². The summed E-state index contributed by atoms with van der Waals surface area (Å²) in [7, 11) is 0. The van der Waals surface area contributed by atoms with Crippen molar-refractivity contribution in [2.24, 2.45) is 11.7 Å². The second kappa shape index (κ2) is 6.07. The molecular formula is C13H14Cl2N2OS. The highest BCUT2D eigenvalue weighted by atomic mass is 35.5. The van der Waals surface area contributed by atoms with Crippen molar-refractivity contribution >= 4 is 46.3 Å². The van der Waals surface area contributed by atoms with Gasteiger partial charge in [-0.05, 0) is 31.0 Å². The van der Waals surface area contributed by atoms with E-state index in [1.54, 1.807) is 23.1 Å². The first-order valence-electron chi connectivity index (χ1n) is 6.02. The minimum absolute atomic E-state index is 0.0278. The highest BCUT2D eigenvalue weighted by Gasteiger charge is 2.25. The lowest BCUT2D eigenvalue weighted by Gasteiger charge is -2.31. The number of hydrogen-bond donors (Lipinski definition) is 1. The Kier molecular flexibility index (Phi) is 4.66. The van der Waals surface area contributed by atoms with E-state index in [4.69, 9.17) is 41.2 Å². The summed E-state index contributed by atoms with van der Waals surface area (Å²) in [6.07, 6.45) is 1.64. The van der Waals surface area contributed by atoms with Gasteiger partial charge in [-0.3, -0.25) is 4.79 Å². The number of nitrogens with two attached hydrogens (primary N) is 1. The van der Waals surface area contributed by atoms with E-state index in [2.05, 4.69) is 0 Å². The molecule has 1 fully saturated rings. The predicted molar refractivity (Wildman–Crippen MR) is 81.9 cm³/mol. The molecule has 3 nitrogen and oxygen atoms in total. The summed E-state index contributed by atoms with van der Waals surface area (Å²) >= 11 is 16.8. The molecule has 6 heteroatoms. The summed E-state index contributed by atoms with van der Waals surface area (Å²) in [4.78, 5) is 14.6. The van der Waals surface area contributed by atoms with Crippen LogP contribution in [0.2, 0.25) is 10.0 Å². The number of carbonyl (C=O) groups excluding carboxylic acids is 1. The van der Waals surface area contributed by atoms with Crippen molar-refractivity contribution in [3.63, 3.8) is 0 Å². The monoisotopic (exact) mass is 316 g/mol. The van der Waals surface area contributed by atoms with Crippen molar-refractivity contribution in [2.75, 3.05) is 13.1 Å². The first-order chi connectivity index (χ1) is 8.99. The maximum atomic E-state index is 12.3. The second-order valence-corrected chi connectivity index (χ2v) is 5.88. The average molecular weight is 317 g/mol. The first-order valence-corrected chi connectivity index (χ1v) is 7.19. The van der Waals surface area contributed by atoms with E-state index < -0.39 is 0 Å². The van der Waals surface area contributed by atoms with Gasteiger partial charge in [0, 0.05) is 24.6 Å². The number of halogens is 2. The van der Waals surface area contributed by atoms with Gasteiger partial charge in [-0.25, -0.2) is 0 Å². The number of amides is 1. The van der Waals surface area contributed by atoms with Gasteiger partial charge in [0.1, 0.15) is 0 Å². The zero-order chi connectivity index (χ0) is 14.0. The van der Waals surface area contributed by atoms with E-state index in [9.17, 15) is 4.79 Å². The number of nitrogens with zero attached hydrogens (tertiary/aromatic N) is 1. The molecule has 19 heavy (non-hydrogen) atoms.